The minimum atomic E-state index is -3.65. The van der Waals surface area contributed by atoms with Crippen LogP contribution in [0, 0.1) is 0 Å². The topological polar surface area (TPSA) is 86.9 Å². The highest BCUT2D eigenvalue weighted by molar-refractivity contribution is 7.89. The van der Waals surface area contributed by atoms with Crippen molar-refractivity contribution in [2.75, 3.05) is 50.7 Å². The smallest absolute Gasteiger partial charge is 0.238 e. The summed E-state index contributed by atoms with van der Waals surface area (Å²) in [5.41, 5.74) is 0.970. The second kappa shape index (κ2) is 7.96. The van der Waals surface area contributed by atoms with Gasteiger partial charge in [-0.1, -0.05) is 0 Å². The van der Waals surface area contributed by atoms with Crippen LogP contribution in [-0.4, -0.2) is 69.9 Å². The summed E-state index contributed by atoms with van der Waals surface area (Å²) < 4.78 is 22.6. The number of nitrogens with two attached hydrogens (primary N) is 1. The van der Waals surface area contributed by atoms with Gasteiger partial charge in [0.15, 0.2) is 0 Å². The van der Waals surface area contributed by atoms with Gasteiger partial charge >= 0.3 is 0 Å². The van der Waals surface area contributed by atoms with Gasteiger partial charge in [0.25, 0.3) is 0 Å². The van der Waals surface area contributed by atoms with Crippen molar-refractivity contribution in [3.8, 4) is 0 Å². The molecule has 0 saturated carbocycles. The Balaban J connectivity index is 1.90. The Bertz CT molecular complexity index is 648. The van der Waals surface area contributed by atoms with Crippen molar-refractivity contribution in [2.24, 2.45) is 5.14 Å². The summed E-state index contributed by atoms with van der Waals surface area (Å²) in [6.45, 7) is 9.15. The van der Waals surface area contributed by atoms with E-state index in [9.17, 15) is 13.2 Å². The van der Waals surface area contributed by atoms with E-state index in [1.54, 1.807) is 12.1 Å². The number of carbonyl (C=O) groups is 1. The van der Waals surface area contributed by atoms with Crippen molar-refractivity contribution in [1.29, 1.82) is 0 Å². The van der Waals surface area contributed by atoms with Gasteiger partial charge in [-0.05, 0) is 38.1 Å². The van der Waals surface area contributed by atoms with Crippen LogP contribution in [0.5, 0.6) is 0 Å². The van der Waals surface area contributed by atoms with Gasteiger partial charge < -0.3 is 9.80 Å². The summed E-state index contributed by atoms with van der Waals surface area (Å²) >= 11 is 0. The first-order valence-corrected chi connectivity index (χ1v) is 9.77. The summed E-state index contributed by atoms with van der Waals surface area (Å²) in [6, 6.07) is 6.61. The Labute approximate surface area is 144 Å². The van der Waals surface area contributed by atoms with Crippen LogP contribution in [-0.2, 0) is 14.8 Å². The van der Waals surface area contributed by atoms with Crippen molar-refractivity contribution >= 4 is 21.6 Å². The Morgan fingerprint density at radius 3 is 2.08 bits per heavy atom. The third-order valence-electron chi connectivity index (χ3n) is 4.38. The Morgan fingerprint density at radius 2 is 1.62 bits per heavy atom. The van der Waals surface area contributed by atoms with E-state index in [1.165, 1.54) is 12.1 Å². The van der Waals surface area contributed by atoms with Crippen LogP contribution in [0.25, 0.3) is 0 Å². The van der Waals surface area contributed by atoms with Crippen LogP contribution >= 0.6 is 0 Å². The largest absolute Gasteiger partial charge is 0.369 e. The first-order chi connectivity index (χ1) is 11.3. The maximum absolute atomic E-state index is 12.2. The Hall–Kier alpha value is -1.64. The first-order valence-electron chi connectivity index (χ1n) is 8.23. The second-order valence-electron chi connectivity index (χ2n) is 5.87. The van der Waals surface area contributed by atoms with Crippen LogP contribution in [0.1, 0.15) is 13.8 Å². The highest BCUT2D eigenvalue weighted by Gasteiger charge is 2.21. The summed E-state index contributed by atoms with van der Waals surface area (Å²) in [5.74, 6) is 0.172. The lowest BCUT2D eigenvalue weighted by molar-refractivity contribution is -0.132. The lowest BCUT2D eigenvalue weighted by Crippen LogP contribution is -2.50. The molecule has 2 N–H and O–H groups in total. The molecule has 1 heterocycles. The molecule has 0 aliphatic carbocycles. The molecular formula is C16H26N4O3S. The van der Waals surface area contributed by atoms with Crippen LogP contribution < -0.4 is 10.0 Å². The predicted octanol–water partition coefficient (Wildman–Crippen LogP) is 0.324. The number of sulfonamides is 1. The molecule has 24 heavy (non-hydrogen) atoms. The summed E-state index contributed by atoms with van der Waals surface area (Å²) in [6.07, 6.45) is 0. The van der Waals surface area contributed by atoms with E-state index in [0.29, 0.717) is 6.54 Å². The Kier molecular flexibility index (Phi) is 6.20. The van der Waals surface area contributed by atoms with E-state index >= 15 is 0 Å². The van der Waals surface area contributed by atoms with Crippen molar-refractivity contribution in [2.45, 2.75) is 18.7 Å². The molecule has 8 heteroatoms. The molecule has 0 unspecified atom stereocenters. The van der Waals surface area contributed by atoms with Gasteiger partial charge in [0.05, 0.1) is 11.4 Å². The number of nitrogens with zero attached hydrogens (tertiary/aromatic N) is 3. The number of hydrogen-bond donors (Lipinski definition) is 1. The average Bonchev–Trinajstić information content (AvgIpc) is 2.56. The molecule has 1 fully saturated rings. The van der Waals surface area contributed by atoms with E-state index in [2.05, 4.69) is 9.80 Å². The molecule has 1 saturated heterocycles. The van der Waals surface area contributed by atoms with Gasteiger partial charge in [0.1, 0.15) is 0 Å². The highest BCUT2D eigenvalue weighted by atomic mass is 32.2. The minimum Gasteiger partial charge on any atom is -0.369 e. The molecule has 0 spiro atoms. The molecule has 2 rings (SSSR count). The Morgan fingerprint density at radius 1 is 1.08 bits per heavy atom. The van der Waals surface area contributed by atoms with Gasteiger partial charge in [0.2, 0.25) is 15.9 Å². The zero-order chi connectivity index (χ0) is 17.7. The number of carbonyl (C=O) groups excluding carboxylic acids is 1. The quantitative estimate of drug-likeness (QED) is 0.795. The van der Waals surface area contributed by atoms with Crippen LogP contribution in [0.3, 0.4) is 0 Å². The predicted molar refractivity (Wildman–Crippen MR) is 94.4 cm³/mol. The number of hydrogen-bond acceptors (Lipinski definition) is 5. The fourth-order valence-electron chi connectivity index (χ4n) is 2.88. The lowest BCUT2D eigenvalue weighted by Gasteiger charge is -2.36. The van der Waals surface area contributed by atoms with E-state index < -0.39 is 10.0 Å². The zero-order valence-corrected chi connectivity index (χ0v) is 15.1. The van der Waals surface area contributed by atoms with Gasteiger partial charge in [0, 0.05) is 45.0 Å². The number of benzene rings is 1. The molecule has 0 bridgehead atoms. The summed E-state index contributed by atoms with van der Waals surface area (Å²) in [7, 11) is -3.65. The monoisotopic (exact) mass is 354 g/mol. The fraction of sp³-hybridized carbons (Fsp3) is 0.562. The molecule has 0 radical (unpaired) electrons. The standard InChI is InChI=1S/C16H26N4O3S/c1-3-19(4-2)16(21)13-18-9-11-20(12-10-18)14-5-7-15(8-6-14)24(17,22)23/h5-8H,3-4,9-13H2,1-2H3,(H2,17,22,23). The minimum absolute atomic E-state index is 0.120. The maximum atomic E-state index is 12.2. The number of likely N-dealkylation sites (N-methyl/N-ethyl adjacent to an activating group) is 1. The maximum Gasteiger partial charge on any atom is 0.238 e. The number of primary sulfonamides is 1. The van der Waals surface area contributed by atoms with Gasteiger partial charge in [-0.25, -0.2) is 13.6 Å². The van der Waals surface area contributed by atoms with Crippen molar-refractivity contribution in [3.63, 3.8) is 0 Å². The molecule has 1 aliphatic heterocycles. The molecule has 1 amide bonds. The van der Waals surface area contributed by atoms with Gasteiger partial charge in [-0.2, -0.15) is 0 Å². The SMILES string of the molecule is CCN(CC)C(=O)CN1CCN(c2ccc(S(N)(=O)=O)cc2)CC1. The number of rotatable bonds is 6. The molecule has 0 atom stereocenters. The molecule has 7 nitrogen and oxygen atoms in total. The molecule has 1 aromatic rings. The molecule has 1 aromatic carbocycles. The first kappa shape index (κ1) is 18.7. The van der Waals surface area contributed by atoms with Gasteiger partial charge in [-0.15, -0.1) is 0 Å². The normalized spacial score (nSPS) is 16.2. The van der Waals surface area contributed by atoms with E-state index in [1.807, 2.05) is 18.7 Å². The molecule has 134 valence electrons. The number of anilines is 1. The van der Waals surface area contributed by atoms with Gasteiger partial charge in [-0.3, -0.25) is 9.69 Å². The average molecular weight is 354 g/mol. The van der Waals surface area contributed by atoms with Crippen LogP contribution in [0.2, 0.25) is 0 Å². The van der Waals surface area contributed by atoms with Crippen molar-refractivity contribution < 1.29 is 13.2 Å². The zero-order valence-electron chi connectivity index (χ0n) is 14.3. The summed E-state index contributed by atoms with van der Waals surface area (Å²) in [4.78, 5) is 18.5. The van der Waals surface area contributed by atoms with Crippen molar-refractivity contribution in [3.05, 3.63) is 24.3 Å². The highest BCUT2D eigenvalue weighted by Crippen LogP contribution is 2.19. The van der Waals surface area contributed by atoms with E-state index in [4.69, 9.17) is 5.14 Å². The molecular weight excluding hydrogens is 328 g/mol. The number of amides is 1. The second-order valence-corrected chi connectivity index (χ2v) is 7.43. The van der Waals surface area contributed by atoms with E-state index in [0.717, 1.165) is 45.0 Å². The van der Waals surface area contributed by atoms with Crippen LogP contribution in [0.15, 0.2) is 29.2 Å². The third-order valence-corrected chi connectivity index (χ3v) is 5.31. The van der Waals surface area contributed by atoms with E-state index in [-0.39, 0.29) is 10.8 Å². The van der Waals surface area contributed by atoms with Crippen LogP contribution in [0.4, 0.5) is 5.69 Å². The molecule has 1 aliphatic rings. The summed E-state index contributed by atoms with van der Waals surface area (Å²) in [5, 5.41) is 5.11. The molecule has 0 aromatic heterocycles. The fourth-order valence-corrected chi connectivity index (χ4v) is 3.39. The third kappa shape index (κ3) is 4.68. The number of piperazine rings is 1. The van der Waals surface area contributed by atoms with Crippen molar-refractivity contribution in [1.82, 2.24) is 9.80 Å². The lowest BCUT2D eigenvalue weighted by atomic mass is 10.2.